The number of hydrogen-bond donors (Lipinski definition) is 1. The van der Waals surface area contributed by atoms with Crippen LogP contribution in [-0.4, -0.2) is 5.11 Å². The van der Waals surface area contributed by atoms with Gasteiger partial charge in [-0.15, -0.1) is 0 Å². The molecule has 5 heteroatoms. The average Bonchev–Trinajstić information content (AvgIpc) is 2.34. The van der Waals surface area contributed by atoms with Gasteiger partial charge in [0.2, 0.25) is 0 Å². The highest BCUT2D eigenvalue weighted by Crippen LogP contribution is 2.37. The minimum absolute atomic E-state index is 0.00615. The summed E-state index contributed by atoms with van der Waals surface area (Å²) in [6.45, 7) is -0.00615. The van der Waals surface area contributed by atoms with E-state index in [1.54, 1.807) is 12.1 Å². The lowest BCUT2D eigenvalue weighted by Gasteiger charge is -2.09. The van der Waals surface area contributed by atoms with Gasteiger partial charge in [-0.05, 0) is 35.9 Å². The summed E-state index contributed by atoms with van der Waals surface area (Å²) in [7, 11) is 0. The molecule has 1 nitrogen and oxygen atoms in total. The fraction of sp³-hybridized carbons (Fsp3) is 0.0769. The van der Waals surface area contributed by atoms with Crippen molar-refractivity contribution in [1.82, 2.24) is 0 Å². The Labute approximate surface area is 128 Å². The maximum atomic E-state index is 9.32. The van der Waals surface area contributed by atoms with Crippen molar-refractivity contribution in [2.75, 3.05) is 0 Å². The van der Waals surface area contributed by atoms with Crippen molar-refractivity contribution in [1.29, 1.82) is 0 Å². The lowest BCUT2D eigenvalue weighted by atomic mass is 10.2. The van der Waals surface area contributed by atoms with Crippen molar-refractivity contribution in [3.8, 4) is 0 Å². The molecule has 0 saturated heterocycles. The highest BCUT2D eigenvalue weighted by atomic mass is 79.9. The third-order valence-corrected chi connectivity index (χ3v) is 4.64. The average molecular weight is 364 g/mol. The molecule has 0 unspecified atom stereocenters. The van der Waals surface area contributed by atoms with Crippen molar-refractivity contribution in [3.05, 3.63) is 56.5 Å². The summed E-state index contributed by atoms with van der Waals surface area (Å²) in [5.41, 5.74) is 0.860. The molecule has 2 aromatic carbocycles. The lowest BCUT2D eigenvalue weighted by molar-refractivity contribution is 0.279. The van der Waals surface area contributed by atoms with E-state index in [0.29, 0.717) is 10.0 Å². The molecule has 0 aliphatic carbocycles. The Balaban J connectivity index is 2.38. The van der Waals surface area contributed by atoms with E-state index in [1.807, 2.05) is 24.3 Å². The third-order valence-electron chi connectivity index (χ3n) is 2.31. The molecule has 0 fully saturated rings. The summed E-state index contributed by atoms with van der Waals surface area (Å²) in [4.78, 5) is 1.83. The standard InChI is InChI=1S/C13H9BrCl2OS/c14-9-2-1-8(7-17)12(5-9)18-13-6-10(15)3-4-11(13)16/h1-6,17H,7H2. The normalized spacial score (nSPS) is 10.7. The Kier molecular flexibility index (Phi) is 4.98. The van der Waals surface area contributed by atoms with Gasteiger partial charge in [-0.25, -0.2) is 0 Å². The molecule has 1 N–H and O–H groups in total. The SMILES string of the molecule is OCc1ccc(Br)cc1Sc1cc(Cl)ccc1Cl. The minimum Gasteiger partial charge on any atom is -0.392 e. The molecule has 0 bridgehead atoms. The number of benzene rings is 2. The molecular formula is C13H9BrCl2OS. The molecule has 0 aromatic heterocycles. The van der Waals surface area contributed by atoms with Gasteiger partial charge in [0.25, 0.3) is 0 Å². The number of rotatable bonds is 3. The number of hydrogen-bond acceptors (Lipinski definition) is 2. The van der Waals surface area contributed by atoms with Crippen LogP contribution < -0.4 is 0 Å². The monoisotopic (exact) mass is 362 g/mol. The second kappa shape index (κ2) is 6.31. The van der Waals surface area contributed by atoms with Gasteiger partial charge in [0.15, 0.2) is 0 Å². The van der Waals surface area contributed by atoms with Gasteiger partial charge < -0.3 is 5.11 Å². The third kappa shape index (κ3) is 3.43. The molecule has 0 aliphatic rings. The molecule has 2 aromatic rings. The summed E-state index contributed by atoms with van der Waals surface area (Å²) in [5.74, 6) is 0. The van der Waals surface area contributed by atoms with Crippen molar-refractivity contribution in [3.63, 3.8) is 0 Å². The first-order valence-electron chi connectivity index (χ1n) is 5.12. The van der Waals surface area contributed by atoms with Crippen LogP contribution in [0.1, 0.15) is 5.56 Å². The predicted molar refractivity (Wildman–Crippen MR) is 80.6 cm³/mol. The Hall–Kier alpha value is -0.190. The van der Waals surface area contributed by atoms with Gasteiger partial charge in [0.05, 0.1) is 11.6 Å². The van der Waals surface area contributed by atoms with Crippen LogP contribution in [0.2, 0.25) is 10.0 Å². The maximum absolute atomic E-state index is 9.32. The molecule has 0 radical (unpaired) electrons. The van der Waals surface area contributed by atoms with Crippen molar-refractivity contribution < 1.29 is 5.11 Å². The van der Waals surface area contributed by atoms with E-state index >= 15 is 0 Å². The van der Waals surface area contributed by atoms with Crippen molar-refractivity contribution in [2.45, 2.75) is 16.4 Å². The first-order chi connectivity index (χ1) is 8.60. The minimum atomic E-state index is -0.00615. The van der Waals surface area contributed by atoms with E-state index in [4.69, 9.17) is 23.2 Å². The predicted octanol–water partition coefficient (Wildman–Crippen LogP) is 5.40. The molecule has 2 rings (SSSR count). The highest BCUT2D eigenvalue weighted by molar-refractivity contribution is 9.10. The quantitative estimate of drug-likeness (QED) is 0.787. The van der Waals surface area contributed by atoms with Gasteiger partial charge in [0.1, 0.15) is 0 Å². The second-order valence-corrected chi connectivity index (χ2v) is 6.43. The molecule has 0 saturated carbocycles. The van der Waals surface area contributed by atoms with Crippen molar-refractivity contribution >= 4 is 50.9 Å². The van der Waals surface area contributed by atoms with Crippen LogP contribution in [0.25, 0.3) is 0 Å². The first kappa shape index (κ1) is 14.2. The summed E-state index contributed by atoms with van der Waals surface area (Å²) >= 11 is 17.0. The van der Waals surface area contributed by atoms with Crippen LogP contribution >= 0.6 is 50.9 Å². The molecule has 18 heavy (non-hydrogen) atoms. The van der Waals surface area contributed by atoms with Crippen LogP contribution in [0.5, 0.6) is 0 Å². The van der Waals surface area contributed by atoms with Gasteiger partial charge in [-0.1, -0.05) is 57.0 Å². The van der Waals surface area contributed by atoms with Crippen LogP contribution in [0.15, 0.2) is 50.7 Å². The molecule has 0 aliphatic heterocycles. The first-order valence-corrected chi connectivity index (χ1v) is 7.49. The number of halogens is 3. The van der Waals surface area contributed by atoms with Gasteiger partial charge in [-0.3, -0.25) is 0 Å². The fourth-order valence-electron chi connectivity index (χ4n) is 1.43. The second-order valence-electron chi connectivity index (χ2n) is 3.59. The Morgan fingerprint density at radius 1 is 1.06 bits per heavy atom. The Morgan fingerprint density at radius 2 is 1.83 bits per heavy atom. The molecule has 0 heterocycles. The Morgan fingerprint density at radius 3 is 2.56 bits per heavy atom. The van der Waals surface area contributed by atoms with E-state index in [9.17, 15) is 5.11 Å². The summed E-state index contributed by atoms with van der Waals surface area (Å²) < 4.78 is 0.959. The Bertz CT molecular complexity index is 575. The van der Waals surface area contributed by atoms with E-state index < -0.39 is 0 Å². The van der Waals surface area contributed by atoms with Crippen LogP contribution in [-0.2, 0) is 6.61 Å². The van der Waals surface area contributed by atoms with Crippen LogP contribution in [0.4, 0.5) is 0 Å². The molecular weight excluding hydrogens is 355 g/mol. The maximum Gasteiger partial charge on any atom is 0.0692 e. The summed E-state index contributed by atoms with van der Waals surface area (Å²) in [6, 6.07) is 11.1. The lowest BCUT2D eigenvalue weighted by Crippen LogP contribution is -1.87. The van der Waals surface area contributed by atoms with Gasteiger partial charge in [0, 0.05) is 19.3 Å². The largest absolute Gasteiger partial charge is 0.392 e. The van der Waals surface area contributed by atoms with Gasteiger partial charge >= 0.3 is 0 Å². The number of aliphatic hydroxyl groups is 1. The van der Waals surface area contributed by atoms with E-state index in [0.717, 1.165) is 19.8 Å². The number of aliphatic hydroxyl groups excluding tert-OH is 1. The van der Waals surface area contributed by atoms with E-state index in [1.165, 1.54) is 11.8 Å². The highest BCUT2D eigenvalue weighted by Gasteiger charge is 2.08. The molecule has 0 amide bonds. The zero-order valence-electron chi connectivity index (χ0n) is 9.16. The van der Waals surface area contributed by atoms with E-state index in [-0.39, 0.29) is 6.61 Å². The van der Waals surface area contributed by atoms with E-state index in [2.05, 4.69) is 15.9 Å². The molecule has 94 valence electrons. The summed E-state index contributed by atoms with van der Waals surface area (Å²) in [5, 5.41) is 10.6. The molecule has 0 spiro atoms. The van der Waals surface area contributed by atoms with Crippen LogP contribution in [0, 0.1) is 0 Å². The molecule has 0 atom stereocenters. The van der Waals surface area contributed by atoms with Crippen molar-refractivity contribution in [2.24, 2.45) is 0 Å². The zero-order chi connectivity index (χ0) is 13.1. The summed E-state index contributed by atoms with van der Waals surface area (Å²) in [6.07, 6.45) is 0. The smallest absolute Gasteiger partial charge is 0.0692 e. The van der Waals surface area contributed by atoms with Crippen LogP contribution in [0.3, 0.4) is 0 Å². The zero-order valence-corrected chi connectivity index (χ0v) is 13.1. The fourth-order valence-corrected chi connectivity index (χ4v) is 3.45. The van der Waals surface area contributed by atoms with Gasteiger partial charge in [-0.2, -0.15) is 0 Å². The topological polar surface area (TPSA) is 20.2 Å².